The van der Waals surface area contributed by atoms with Gasteiger partial charge < -0.3 is 10.1 Å². The summed E-state index contributed by atoms with van der Waals surface area (Å²) < 4.78 is 33.6. The summed E-state index contributed by atoms with van der Waals surface area (Å²) in [5.74, 6) is 1.67. The second-order valence-corrected chi connectivity index (χ2v) is 12.4. The predicted octanol–water partition coefficient (Wildman–Crippen LogP) is 3.22. The first-order valence-corrected chi connectivity index (χ1v) is 12.9. The molecule has 6 nitrogen and oxygen atoms in total. The van der Waals surface area contributed by atoms with Crippen molar-refractivity contribution in [2.75, 3.05) is 6.26 Å². The highest BCUT2D eigenvalue weighted by atomic mass is 79.9. The van der Waals surface area contributed by atoms with E-state index in [2.05, 4.69) is 26.0 Å². The molecule has 0 radical (unpaired) electrons. The van der Waals surface area contributed by atoms with Crippen molar-refractivity contribution in [1.29, 1.82) is 0 Å². The van der Waals surface area contributed by atoms with Crippen LogP contribution in [0, 0.1) is 17.8 Å². The van der Waals surface area contributed by atoms with Crippen LogP contribution in [0.2, 0.25) is 0 Å². The summed E-state index contributed by atoms with van der Waals surface area (Å²) in [6.07, 6.45) is 5.87. The number of nitrogens with one attached hydrogen (secondary N) is 2. The van der Waals surface area contributed by atoms with Gasteiger partial charge in [-0.2, -0.15) is 0 Å². The summed E-state index contributed by atoms with van der Waals surface area (Å²) in [7, 11) is -3.25. The zero-order chi connectivity index (χ0) is 21.0. The standard InChI is InChI=1S/C21H29BrN2O4S/c1-20(2,28-17-6-4-5-16(22)9-17)19(25)23-18-14-7-13-8-15(18)12-21(10-13,11-14)24-29(3,26)27/h4-6,9,13-15,18,24H,7-8,10-12H2,1-3H3,(H,23,25)/t13?,14-,15+,18?,21?. The molecule has 1 amide bonds. The number of ether oxygens (including phenoxy) is 1. The Balaban J connectivity index is 1.46. The first-order chi connectivity index (χ1) is 13.4. The van der Waals surface area contributed by atoms with Crippen molar-refractivity contribution in [3.05, 3.63) is 28.7 Å². The number of benzene rings is 1. The number of sulfonamides is 1. The van der Waals surface area contributed by atoms with Crippen molar-refractivity contribution < 1.29 is 17.9 Å². The van der Waals surface area contributed by atoms with Gasteiger partial charge in [0.1, 0.15) is 5.75 Å². The molecule has 5 atom stereocenters. The Morgan fingerprint density at radius 1 is 1.21 bits per heavy atom. The van der Waals surface area contributed by atoms with Crippen LogP contribution in [-0.4, -0.2) is 37.8 Å². The molecule has 2 N–H and O–H groups in total. The van der Waals surface area contributed by atoms with E-state index in [1.54, 1.807) is 13.8 Å². The van der Waals surface area contributed by atoms with Gasteiger partial charge in [-0.1, -0.05) is 22.0 Å². The first kappa shape index (κ1) is 21.1. The predicted molar refractivity (Wildman–Crippen MR) is 115 cm³/mol. The zero-order valence-electron chi connectivity index (χ0n) is 17.1. The fraction of sp³-hybridized carbons (Fsp3) is 0.667. The number of hydrogen-bond acceptors (Lipinski definition) is 4. The SMILES string of the molecule is CC(C)(Oc1cccc(Br)c1)C(=O)NC1[C@@H]2CC3C[C@H]1CC(NS(C)(=O)=O)(C3)C2. The second kappa shape index (κ2) is 7.24. The molecule has 1 aromatic carbocycles. The summed E-state index contributed by atoms with van der Waals surface area (Å²) in [6, 6.07) is 7.55. The maximum atomic E-state index is 13.1. The van der Waals surface area contributed by atoms with Crippen LogP contribution in [0.3, 0.4) is 0 Å². The fourth-order valence-electron chi connectivity index (χ4n) is 5.97. The lowest BCUT2D eigenvalue weighted by Crippen LogP contribution is -2.67. The third-order valence-electron chi connectivity index (χ3n) is 6.69. The van der Waals surface area contributed by atoms with Gasteiger partial charge in [-0.15, -0.1) is 0 Å². The van der Waals surface area contributed by atoms with Gasteiger partial charge in [-0.3, -0.25) is 4.79 Å². The molecule has 0 aromatic heterocycles. The molecule has 4 aliphatic carbocycles. The van der Waals surface area contributed by atoms with Crippen LogP contribution in [0.25, 0.3) is 0 Å². The first-order valence-electron chi connectivity index (χ1n) is 10.2. The summed E-state index contributed by atoms with van der Waals surface area (Å²) in [5, 5.41) is 3.26. The molecule has 0 heterocycles. The topological polar surface area (TPSA) is 84.5 Å². The number of halogens is 1. The molecule has 4 bridgehead atoms. The summed E-state index contributed by atoms with van der Waals surface area (Å²) in [6.45, 7) is 3.57. The largest absolute Gasteiger partial charge is 0.478 e. The van der Waals surface area contributed by atoms with Crippen molar-refractivity contribution in [1.82, 2.24) is 10.0 Å². The van der Waals surface area contributed by atoms with Crippen LogP contribution in [0.4, 0.5) is 0 Å². The highest BCUT2D eigenvalue weighted by Gasteiger charge is 2.57. The Kier molecular flexibility index (Phi) is 5.27. The molecule has 4 fully saturated rings. The molecule has 29 heavy (non-hydrogen) atoms. The van der Waals surface area contributed by atoms with Gasteiger partial charge in [-0.05, 0) is 81.9 Å². The van der Waals surface area contributed by atoms with E-state index in [1.165, 1.54) is 6.26 Å². The van der Waals surface area contributed by atoms with Gasteiger partial charge >= 0.3 is 0 Å². The molecule has 4 saturated carbocycles. The minimum Gasteiger partial charge on any atom is -0.478 e. The number of hydrogen-bond donors (Lipinski definition) is 2. The monoisotopic (exact) mass is 484 g/mol. The minimum absolute atomic E-state index is 0.0823. The molecule has 0 spiro atoms. The van der Waals surface area contributed by atoms with E-state index in [0.717, 1.165) is 36.6 Å². The van der Waals surface area contributed by atoms with E-state index in [9.17, 15) is 13.2 Å². The van der Waals surface area contributed by atoms with Crippen molar-refractivity contribution >= 4 is 31.9 Å². The average Bonchev–Trinajstić information content (AvgIpc) is 2.54. The molecule has 3 unspecified atom stereocenters. The summed E-state index contributed by atoms with van der Waals surface area (Å²) >= 11 is 3.43. The smallest absolute Gasteiger partial charge is 0.263 e. The lowest BCUT2D eigenvalue weighted by atomic mass is 9.51. The molecule has 160 valence electrons. The highest BCUT2D eigenvalue weighted by molar-refractivity contribution is 9.10. The van der Waals surface area contributed by atoms with Crippen molar-refractivity contribution in [3.8, 4) is 5.75 Å². The van der Waals surface area contributed by atoms with Crippen LogP contribution in [-0.2, 0) is 14.8 Å². The number of rotatable bonds is 6. The van der Waals surface area contributed by atoms with Crippen LogP contribution in [0.5, 0.6) is 5.75 Å². The third kappa shape index (κ3) is 4.49. The molecule has 0 aliphatic heterocycles. The van der Waals surface area contributed by atoms with Gasteiger partial charge in [0, 0.05) is 16.1 Å². The van der Waals surface area contributed by atoms with Crippen molar-refractivity contribution in [2.24, 2.45) is 17.8 Å². The van der Waals surface area contributed by atoms with Crippen molar-refractivity contribution in [2.45, 2.75) is 63.1 Å². The summed E-state index contributed by atoms with van der Waals surface area (Å²) in [4.78, 5) is 13.1. The quantitative estimate of drug-likeness (QED) is 0.648. The molecule has 0 saturated heterocycles. The van der Waals surface area contributed by atoms with E-state index < -0.39 is 15.6 Å². The Morgan fingerprint density at radius 3 is 2.45 bits per heavy atom. The Labute approximate surface area is 181 Å². The zero-order valence-corrected chi connectivity index (χ0v) is 19.5. The minimum atomic E-state index is -3.25. The van der Waals surface area contributed by atoms with Crippen molar-refractivity contribution in [3.63, 3.8) is 0 Å². The lowest BCUT2D eigenvalue weighted by molar-refractivity contribution is -0.138. The fourth-order valence-corrected chi connectivity index (χ4v) is 7.39. The van der Waals surface area contributed by atoms with E-state index in [-0.39, 0.29) is 17.5 Å². The lowest BCUT2D eigenvalue weighted by Gasteiger charge is -2.60. The van der Waals surface area contributed by atoms with Gasteiger partial charge in [-0.25, -0.2) is 13.1 Å². The van der Waals surface area contributed by atoms with E-state index >= 15 is 0 Å². The number of amides is 1. The highest BCUT2D eigenvalue weighted by Crippen LogP contribution is 2.56. The van der Waals surface area contributed by atoms with E-state index in [4.69, 9.17) is 4.74 Å². The Hall–Kier alpha value is -1.12. The maximum absolute atomic E-state index is 13.1. The third-order valence-corrected chi connectivity index (χ3v) is 7.99. The van der Waals surface area contributed by atoms with Gasteiger partial charge in [0.15, 0.2) is 5.60 Å². The van der Waals surface area contributed by atoms with E-state index in [0.29, 0.717) is 23.5 Å². The van der Waals surface area contributed by atoms with Gasteiger partial charge in [0.2, 0.25) is 10.0 Å². The Morgan fingerprint density at radius 2 is 1.86 bits per heavy atom. The second-order valence-electron chi connectivity index (χ2n) is 9.69. The van der Waals surface area contributed by atoms with Crippen LogP contribution in [0.1, 0.15) is 46.0 Å². The molecular formula is C21H29BrN2O4S. The normalized spacial score (nSPS) is 33.5. The molecular weight excluding hydrogens is 456 g/mol. The van der Waals surface area contributed by atoms with E-state index in [1.807, 2.05) is 24.3 Å². The average molecular weight is 485 g/mol. The molecule has 1 aromatic rings. The summed E-state index contributed by atoms with van der Waals surface area (Å²) in [5.41, 5.74) is -1.33. The van der Waals surface area contributed by atoms with Crippen LogP contribution in [0.15, 0.2) is 28.7 Å². The maximum Gasteiger partial charge on any atom is 0.263 e. The molecule has 4 aliphatic rings. The van der Waals surface area contributed by atoms with Gasteiger partial charge in [0.25, 0.3) is 5.91 Å². The van der Waals surface area contributed by atoms with Crippen LogP contribution < -0.4 is 14.8 Å². The van der Waals surface area contributed by atoms with Gasteiger partial charge in [0.05, 0.1) is 6.26 Å². The molecule has 5 rings (SSSR count). The molecule has 8 heteroatoms. The van der Waals surface area contributed by atoms with Crippen LogP contribution >= 0.6 is 15.9 Å². The Bertz CT molecular complexity index is 901. The number of carbonyl (C=O) groups is 1. The number of carbonyl (C=O) groups excluding carboxylic acids is 1.